The number of hydrogen-bond donors (Lipinski definition) is 0. The van der Waals surface area contributed by atoms with Gasteiger partial charge in [0.05, 0.1) is 19.3 Å². The minimum Gasteiger partial charge on any atom is -0.497 e. The Balaban J connectivity index is 3.11. The molecule has 0 aliphatic rings. The highest BCUT2D eigenvalue weighted by atomic mass is 19.4. The van der Waals surface area contributed by atoms with Crippen molar-refractivity contribution in [3.05, 3.63) is 29.3 Å². The first kappa shape index (κ1) is 14.9. The Labute approximate surface area is 108 Å². The highest BCUT2D eigenvalue weighted by molar-refractivity contribution is 5.89. The molecule has 0 atom stereocenters. The van der Waals surface area contributed by atoms with Crippen LogP contribution in [0.15, 0.2) is 18.2 Å². The first-order valence-corrected chi connectivity index (χ1v) is 5.32. The van der Waals surface area contributed by atoms with Crippen LogP contribution in [0.1, 0.15) is 18.1 Å². The number of methoxy groups -OCH3 is 1. The maximum Gasteiger partial charge on any atom is 0.416 e. The lowest BCUT2D eigenvalue weighted by atomic mass is 10.1. The Kier molecular flexibility index (Phi) is 4.81. The zero-order valence-electron chi connectivity index (χ0n) is 10.3. The van der Waals surface area contributed by atoms with E-state index in [1.807, 2.05) is 0 Å². The van der Waals surface area contributed by atoms with Gasteiger partial charge in [-0.1, -0.05) is 5.92 Å². The quantitative estimate of drug-likeness (QED) is 0.613. The van der Waals surface area contributed by atoms with Gasteiger partial charge in [-0.25, -0.2) is 4.79 Å². The van der Waals surface area contributed by atoms with Crippen molar-refractivity contribution in [3.8, 4) is 17.6 Å². The molecule has 19 heavy (non-hydrogen) atoms. The molecule has 1 aromatic rings. The van der Waals surface area contributed by atoms with E-state index >= 15 is 0 Å². The van der Waals surface area contributed by atoms with Crippen LogP contribution in [-0.4, -0.2) is 19.7 Å². The van der Waals surface area contributed by atoms with Crippen molar-refractivity contribution >= 4 is 5.97 Å². The van der Waals surface area contributed by atoms with Gasteiger partial charge in [0.15, 0.2) is 0 Å². The van der Waals surface area contributed by atoms with E-state index in [0.717, 1.165) is 12.1 Å². The van der Waals surface area contributed by atoms with Gasteiger partial charge in [-0.15, -0.1) is 0 Å². The summed E-state index contributed by atoms with van der Waals surface area (Å²) in [6.45, 7) is 1.76. The molecule has 0 saturated carbocycles. The molecule has 0 spiro atoms. The number of carbonyl (C=O) groups is 1. The molecule has 0 bridgehead atoms. The molecule has 0 amide bonds. The molecule has 102 valence electrons. The van der Waals surface area contributed by atoms with Crippen LogP contribution in [0.4, 0.5) is 13.2 Å². The van der Waals surface area contributed by atoms with Crippen molar-refractivity contribution in [1.82, 2.24) is 0 Å². The Morgan fingerprint density at radius 1 is 1.32 bits per heavy atom. The van der Waals surface area contributed by atoms with E-state index in [1.165, 1.54) is 13.2 Å². The Hall–Kier alpha value is -2.16. The maximum absolute atomic E-state index is 12.6. The van der Waals surface area contributed by atoms with E-state index in [1.54, 1.807) is 6.92 Å². The Morgan fingerprint density at radius 2 is 2.00 bits per heavy atom. The molecule has 1 rings (SSSR count). The molecule has 0 fully saturated rings. The number of hydrogen-bond acceptors (Lipinski definition) is 3. The number of halogens is 3. The third-order valence-corrected chi connectivity index (χ3v) is 2.05. The summed E-state index contributed by atoms with van der Waals surface area (Å²) in [6.07, 6.45) is -4.51. The largest absolute Gasteiger partial charge is 0.497 e. The van der Waals surface area contributed by atoms with Gasteiger partial charge in [0.2, 0.25) is 0 Å². The third kappa shape index (κ3) is 4.54. The summed E-state index contributed by atoms with van der Waals surface area (Å²) >= 11 is 0. The van der Waals surface area contributed by atoms with Crippen molar-refractivity contribution < 1.29 is 27.4 Å². The van der Waals surface area contributed by atoms with Gasteiger partial charge < -0.3 is 9.47 Å². The number of rotatable bonds is 2. The average molecular weight is 272 g/mol. The standard InChI is InChI=1S/C13H11F3O3/c1-3-19-12(17)5-4-9-6-10(13(14,15)16)8-11(7-9)18-2/h6-8H,3H2,1-2H3. The van der Waals surface area contributed by atoms with Crippen LogP contribution >= 0.6 is 0 Å². The molecule has 0 aliphatic heterocycles. The highest BCUT2D eigenvalue weighted by Gasteiger charge is 2.31. The zero-order chi connectivity index (χ0) is 14.5. The molecule has 0 aliphatic carbocycles. The van der Waals surface area contributed by atoms with Crippen LogP contribution in [0.25, 0.3) is 0 Å². The monoisotopic (exact) mass is 272 g/mol. The molecular formula is C13H11F3O3. The lowest BCUT2D eigenvalue weighted by molar-refractivity contribution is -0.138. The number of alkyl halides is 3. The lowest BCUT2D eigenvalue weighted by Crippen LogP contribution is -2.05. The van der Waals surface area contributed by atoms with Gasteiger partial charge in [0, 0.05) is 11.5 Å². The molecule has 0 saturated heterocycles. The predicted octanol–water partition coefficient (Wildman–Crippen LogP) is 2.63. The molecule has 0 radical (unpaired) electrons. The normalized spacial score (nSPS) is 10.4. The summed E-state index contributed by atoms with van der Waals surface area (Å²) in [7, 11) is 1.25. The molecule has 1 aromatic carbocycles. The van der Waals surface area contributed by atoms with Crippen molar-refractivity contribution in [1.29, 1.82) is 0 Å². The van der Waals surface area contributed by atoms with Crippen molar-refractivity contribution in [2.45, 2.75) is 13.1 Å². The molecular weight excluding hydrogens is 261 g/mol. The van der Waals surface area contributed by atoms with Crippen LogP contribution < -0.4 is 4.74 Å². The molecule has 0 aromatic heterocycles. The van der Waals surface area contributed by atoms with Crippen molar-refractivity contribution in [3.63, 3.8) is 0 Å². The van der Waals surface area contributed by atoms with Crippen LogP contribution in [0, 0.1) is 11.8 Å². The predicted molar refractivity (Wildman–Crippen MR) is 61.5 cm³/mol. The second-order valence-electron chi connectivity index (χ2n) is 3.42. The van der Waals surface area contributed by atoms with E-state index in [0.29, 0.717) is 0 Å². The maximum atomic E-state index is 12.6. The van der Waals surface area contributed by atoms with Crippen LogP contribution in [-0.2, 0) is 15.7 Å². The Bertz CT molecular complexity index is 524. The first-order valence-electron chi connectivity index (χ1n) is 5.32. The number of ether oxygens (including phenoxy) is 2. The fraction of sp³-hybridized carbons (Fsp3) is 0.308. The minimum absolute atomic E-state index is 0.0167. The van der Waals surface area contributed by atoms with Crippen LogP contribution in [0.3, 0.4) is 0 Å². The Morgan fingerprint density at radius 3 is 2.53 bits per heavy atom. The average Bonchev–Trinajstić information content (AvgIpc) is 2.35. The van der Waals surface area contributed by atoms with Crippen molar-refractivity contribution in [2.24, 2.45) is 0 Å². The fourth-order valence-corrected chi connectivity index (χ4v) is 1.24. The van der Waals surface area contributed by atoms with Crippen LogP contribution in [0.5, 0.6) is 5.75 Å². The third-order valence-electron chi connectivity index (χ3n) is 2.05. The fourth-order valence-electron chi connectivity index (χ4n) is 1.24. The highest BCUT2D eigenvalue weighted by Crippen LogP contribution is 2.32. The van der Waals surface area contributed by atoms with Gasteiger partial charge >= 0.3 is 12.1 Å². The molecule has 0 heterocycles. The van der Waals surface area contributed by atoms with Crippen molar-refractivity contribution in [2.75, 3.05) is 13.7 Å². The number of benzene rings is 1. The summed E-state index contributed by atoms with van der Waals surface area (Å²) in [6, 6.07) is 3.01. The summed E-state index contributed by atoms with van der Waals surface area (Å²) < 4.78 is 47.1. The molecule has 0 unspecified atom stereocenters. The molecule has 0 N–H and O–H groups in total. The summed E-state index contributed by atoms with van der Waals surface area (Å²) in [5.74, 6) is 3.63. The first-order chi connectivity index (χ1) is 8.86. The zero-order valence-corrected chi connectivity index (χ0v) is 10.3. The van der Waals surface area contributed by atoms with E-state index in [9.17, 15) is 18.0 Å². The summed E-state index contributed by atoms with van der Waals surface area (Å²) in [5.41, 5.74) is -0.861. The summed E-state index contributed by atoms with van der Waals surface area (Å²) in [4.78, 5) is 11.0. The SMILES string of the molecule is CCOC(=O)C#Cc1cc(OC)cc(C(F)(F)F)c1. The second kappa shape index (κ2) is 6.14. The van der Waals surface area contributed by atoms with Gasteiger partial charge in [0.25, 0.3) is 0 Å². The van der Waals surface area contributed by atoms with Gasteiger partial charge in [-0.2, -0.15) is 13.2 Å². The van der Waals surface area contributed by atoms with E-state index in [2.05, 4.69) is 16.6 Å². The van der Waals surface area contributed by atoms with Gasteiger partial charge in [-0.3, -0.25) is 0 Å². The van der Waals surface area contributed by atoms with E-state index in [-0.39, 0.29) is 17.9 Å². The molecule has 3 nitrogen and oxygen atoms in total. The number of esters is 1. The van der Waals surface area contributed by atoms with E-state index < -0.39 is 17.7 Å². The minimum atomic E-state index is -4.51. The topological polar surface area (TPSA) is 35.5 Å². The molecule has 6 heteroatoms. The second-order valence-corrected chi connectivity index (χ2v) is 3.42. The smallest absolute Gasteiger partial charge is 0.416 e. The number of carbonyl (C=O) groups excluding carboxylic acids is 1. The lowest BCUT2D eigenvalue weighted by Gasteiger charge is -2.09. The van der Waals surface area contributed by atoms with Gasteiger partial charge in [0.1, 0.15) is 5.75 Å². The van der Waals surface area contributed by atoms with Crippen LogP contribution in [0.2, 0.25) is 0 Å². The van der Waals surface area contributed by atoms with E-state index in [4.69, 9.17) is 4.74 Å². The van der Waals surface area contributed by atoms with Gasteiger partial charge in [-0.05, 0) is 25.1 Å². The summed E-state index contributed by atoms with van der Waals surface area (Å²) in [5, 5.41) is 0.